The molecule has 0 saturated heterocycles. The molecule has 9 nitrogen and oxygen atoms in total. The smallest absolute Gasteiger partial charge is 0.409 e. The van der Waals surface area contributed by atoms with Gasteiger partial charge in [-0.25, -0.2) is 9.78 Å². The summed E-state index contributed by atoms with van der Waals surface area (Å²) in [6, 6.07) is 13.3. The van der Waals surface area contributed by atoms with Gasteiger partial charge in [0.1, 0.15) is 11.6 Å². The van der Waals surface area contributed by atoms with Gasteiger partial charge in [0.15, 0.2) is 0 Å². The van der Waals surface area contributed by atoms with E-state index in [2.05, 4.69) is 15.3 Å². The summed E-state index contributed by atoms with van der Waals surface area (Å²) >= 11 is 0. The molecule has 9 heteroatoms. The zero-order valence-electron chi connectivity index (χ0n) is 20.8. The Labute approximate surface area is 204 Å². The monoisotopic (exact) mass is 479 g/mol. The number of benzene rings is 2. The summed E-state index contributed by atoms with van der Waals surface area (Å²) in [6.45, 7) is 7.83. The second-order valence-corrected chi connectivity index (χ2v) is 9.62. The molecule has 0 aliphatic heterocycles. The number of likely N-dealkylation sites (N-methyl/N-ethyl adjacent to an activating group) is 1. The molecule has 0 spiro atoms. The lowest BCUT2D eigenvalue weighted by atomic mass is 10.0. The first-order valence-corrected chi connectivity index (χ1v) is 11.6. The molecule has 2 aromatic carbocycles. The van der Waals surface area contributed by atoms with E-state index < -0.39 is 17.7 Å². The molecule has 1 aromatic heterocycles. The maximum absolute atomic E-state index is 13.0. The third kappa shape index (κ3) is 6.24. The molecule has 0 radical (unpaired) electrons. The molecule has 0 unspecified atom stereocenters. The maximum Gasteiger partial charge on any atom is 0.415 e. The lowest BCUT2D eigenvalue weighted by Gasteiger charge is -2.35. The Morgan fingerprint density at radius 3 is 2.51 bits per heavy atom. The van der Waals surface area contributed by atoms with Crippen LogP contribution < -0.4 is 21.3 Å². The van der Waals surface area contributed by atoms with Crippen LogP contribution in [0, 0.1) is 5.92 Å². The molecule has 0 saturated carbocycles. The van der Waals surface area contributed by atoms with Crippen molar-refractivity contribution in [1.29, 1.82) is 0 Å². The van der Waals surface area contributed by atoms with Crippen LogP contribution in [0.15, 0.2) is 53.3 Å². The van der Waals surface area contributed by atoms with Crippen molar-refractivity contribution in [3.05, 3.63) is 58.9 Å². The highest BCUT2D eigenvalue weighted by Crippen LogP contribution is 2.28. The molecule has 0 aliphatic rings. The van der Waals surface area contributed by atoms with Gasteiger partial charge in [-0.15, -0.1) is 0 Å². The molecule has 0 bridgehead atoms. The van der Waals surface area contributed by atoms with Crippen LogP contribution in [0.25, 0.3) is 22.3 Å². The van der Waals surface area contributed by atoms with Crippen molar-refractivity contribution < 1.29 is 14.3 Å². The van der Waals surface area contributed by atoms with E-state index in [4.69, 9.17) is 10.5 Å². The number of aromatic amines is 1. The van der Waals surface area contributed by atoms with Crippen molar-refractivity contribution in [2.24, 2.45) is 11.7 Å². The van der Waals surface area contributed by atoms with Crippen LogP contribution in [0.3, 0.4) is 0 Å². The van der Waals surface area contributed by atoms with E-state index in [1.807, 2.05) is 27.7 Å². The van der Waals surface area contributed by atoms with Crippen LogP contribution in [0.4, 0.5) is 4.79 Å². The van der Waals surface area contributed by atoms with E-state index in [0.717, 1.165) is 0 Å². The van der Waals surface area contributed by atoms with Gasteiger partial charge in [-0.2, -0.15) is 0 Å². The number of carbonyl (C=O) groups is 2. The fraction of sp³-hybridized carbons (Fsp3) is 0.385. The molecule has 1 heterocycles. The van der Waals surface area contributed by atoms with Crippen molar-refractivity contribution in [1.82, 2.24) is 20.2 Å². The van der Waals surface area contributed by atoms with Crippen molar-refractivity contribution >= 4 is 22.9 Å². The lowest BCUT2D eigenvalue weighted by molar-refractivity contribution is -0.123. The van der Waals surface area contributed by atoms with Gasteiger partial charge < -0.3 is 25.7 Å². The average Bonchev–Trinajstić information content (AvgIpc) is 2.82. The van der Waals surface area contributed by atoms with Crippen LogP contribution in [0.2, 0.25) is 0 Å². The maximum atomic E-state index is 13.0. The van der Waals surface area contributed by atoms with Crippen molar-refractivity contribution in [2.45, 2.75) is 45.7 Å². The van der Waals surface area contributed by atoms with E-state index in [9.17, 15) is 14.4 Å². The Bertz CT molecular complexity index is 1270. The van der Waals surface area contributed by atoms with Crippen molar-refractivity contribution in [3.63, 3.8) is 0 Å². The van der Waals surface area contributed by atoms with Gasteiger partial charge in [-0.3, -0.25) is 9.59 Å². The van der Waals surface area contributed by atoms with E-state index in [-0.39, 0.29) is 23.8 Å². The zero-order valence-corrected chi connectivity index (χ0v) is 20.8. The number of nitrogens with one attached hydrogen (secondary N) is 2. The van der Waals surface area contributed by atoms with Gasteiger partial charge in [-0.05, 0) is 50.5 Å². The molecule has 1 atom stereocenters. The quantitative estimate of drug-likeness (QED) is 0.454. The second-order valence-electron chi connectivity index (χ2n) is 9.62. The third-order valence-electron chi connectivity index (χ3n) is 5.89. The number of amides is 2. The molecule has 35 heavy (non-hydrogen) atoms. The topological polar surface area (TPSA) is 130 Å². The average molecular weight is 480 g/mol. The highest BCUT2D eigenvalue weighted by atomic mass is 16.6. The number of carbonyl (C=O) groups excluding carboxylic acids is 2. The summed E-state index contributed by atoms with van der Waals surface area (Å²) in [5.41, 5.74) is 5.93. The fourth-order valence-corrected chi connectivity index (χ4v) is 3.54. The summed E-state index contributed by atoms with van der Waals surface area (Å²) in [7, 11) is 1.60. The number of ether oxygens (including phenoxy) is 1. The Morgan fingerprint density at radius 1 is 1.14 bits per heavy atom. The first kappa shape index (κ1) is 25.9. The van der Waals surface area contributed by atoms with Crippen LogP contribution in [-0.4, -0.2) is 52.0 Å². The summed E-state index contributed by atoms with van der Waals surface area (Å²) in [5.74, 6) is 0.589. The fourth-order valence-electron chi connectivity index (χ4n) is 3.54. The van der Waals surface area contributed by atoms with Gasteiger partial charge in [0.25, 0.3) is 5.56 Å². The molecular weight excluding hydrogens is 446 g/mol. The van der Waals surface area contributed by atoms with Gasteiger partial charge in [0.2, 0.25) is 5.91 Å². The molecule has 186 valence electrons. The van der Waals surface area contributed by atoms with E-state index in [1.54, 1.807) is 55.6 Å². The van der Waals surface area contributed by atoms with Gasteiger partial charge in [-0.1, -0.05) is 38.1 Å². The van der Waals surface area contributed by atoms with Crippen molar-refractivity contribution in [3.8, 4) is 17.1 Å². The second kappa shape index (κ2) is 10.7. The Kier molecular flexibility index (Phi) is 7.91. The van der Waals surface area contributed by atoms with E-state index >= 15 is 0 Å². The van der Waals surface area contributed by atoms with Gasteiger partial charge in [0, 0.05) is 13.6 Å². The number of hydrogen-bond donors (Lipinski definition) is 3. The van der Waals surface area contributed by atoms with E-state index in [1.165, 1.54) is 4.90 Å². The Balaban J connectivity index is 1.76. The third-order valence-corrected chi connectivity index (χ3v) is 5.89. The molecule has 3 aromatic rings. The molecule has 2 amide bonds. The van der Waals surface area contributed by atoms with Crippen molar-refractivity contribution in [2.75, 3.05) is 13.6 Å². The number of hydrogen-bond acceptors (Lipinski definition) is 6. The molecular formula is C26H33N5O4. The highest BCUT2D eigenvalue weighted by molar-refractivity contribution is 5.82. The number of aromatic nitrogens is 2. The van der Waals surface area contributed by atoms with Gasteiger partial charge >= 0.3 is 6.09 Å². The van der Waals surface area contributed by atoms with Crippen LogP contribution in [-0.2, 0) is 4.79 Å². The highest BCUT2D eigenvalue weighted by Gasteiger charge is 2.31. The summed E-state index contributed by atoms with van der Waals surface area (Å²) < 4.78 is 5.69. The normalized spacial score (nSPS) is 12.4. The predicted octanol–water partition coefficient (Wildman–Crippen LogP) is 3.29. The molecule has 0 fully saturated rings. The SMILES string of the molecule is CC(C)C[C@H](N)C(=O)NCC(C)(C)N(C)C(=O)Oc1ccccc1-c1nc2ccccc2c(=O)[nH]1. The summed E-state index contributed by atoms with van der Waals surface area (Å²) in [6.07, 6.45) is -0.0439. The standard InChI is InChI=1S/C26H33N5O4/c1-16(2)14-19(27)24(33)28-15-26(3,4)31(5)25(34)35-21-13-9-7-11-18(21)22-29-20-12-8-6-10-17(20)23(32)30-22/h6-13,16,19H,14-15,27H2,1-5H3,(H,28,33)(H,29,30,32)/t19-/m0/s1. The first-order chi connectivity index (χ1) is 16.5. The number of H-pyrrole nitrogens is 1. The number of nitrogens with two attached hydrogens (primary N) is 1. The minimum Gasteiger partial charge on any atom is -0.409 e. The minimum absolute atomic E-state index is 0.199. The molecule has 4 N–H and O–H groups in total. The molecule has 3 rings (SSSR count). The number of para-hydroxylation sites is 2. The largest absolute Gasteiger partial charge is 0.415 e. The van der Waals surface area contributed by atoms with Crippen LogP contribution in [0.1, 0.15) is 34.1 Å². The number of rotatable bonds is 8. The van der Waals surface area contributed by atoms with Crippen LogP contribution in [0.5, 0.6) is 5.75 Å². The summed E-state index contributed by atoms with van der Waals surface area (Å²) in [5, 5.41) is 3.30. The zero-order chi connectivity index (χ0) is 25.8. The number of fused-ring (bicyclic) bond motifs is 1. The summed E-state index contributed by atoms with van der Waals surface area (Å²) in [4.78, 5) is 46.6. The predicted molar refractivity (Wildman–Crippen MR) is 136 cm³/mol. The minimum atomic E-state index is -0.755. The Morgan fingerprint density at radius 2 is 1.80 bits per heavy atom. The first-order valence-electron chi connectivity index (χ1n) is 11.6. The lowest BCUT2D eigenvalue weighted by Crippen LogP contribution is -2.55. The molecule has 0 aliphatic carbocycles. The van der Waals surface area contributed by atoms with Crippen LogP contribution >= 0.6 is 0 Å². The van der Waals surface area contributed by atoms with E-state index in [0.29, 0.717) is 34.6 Å². The van der Waals surface area contributed by atoms with Gasteiger partial charge in [0.05, 0.1) is 28.0 Å². The Hall–Kier alpha value is -3.72. The number of nitrogens with zero attached hydrogens (tertiary/aromatic N) is 2.